The summed E-state index contributed by atoms with van der Waals surface area (Å²) in [6.07, 6.45) is 0. The molecule has 0 aromatic heterocycles. The van der Waals surface area contributed by atoms with E-state index < -0.39 is 0 Å². The van der Waals surface area contributed by atoms with Crippen LogP contribution in [-0.2, 0) is 11.3 Å². The first-order valence-electron chi connectivity index (χ1n) is 7.04. The van der Waals surface area contributed by atoms with E-state index in [9.17, 15) is 4.79 Å². The number of carbonyl (C=O) groups is 1. The third kappa shape index (κ3) is 6.60. The molecule has 0 saturated heterocycles. The van der Waals surface area contributed by atoms with Crippen molar-refractivity contribution >= 4 is 51.5 Å². The standard InChI is InChI=1S/C17H17ClN2OS2/c1-12-5-7-13(8-6-12)10-19-17(22)23-11-16(21)20-15-4-2-3-14(18)9-15/h2-9H,10-11H2,1H3,(H,19,22)(H,20,21). The highest BCUT2D eigenvalue weighted by molar-refractivity contribution is 8.23. The van der Waals surface area contributed by atoms with E-state index in [4.69, 9.17) is 23.8 Å². The SMILES string of the molecule is Cc1ccc(CNC(=S)SCC(=O)Nc2cccc(Cl)c2)cc1. The normalized spacial score (nSPS) is 10.2. The number of nitrogens with one attached hydrogen (secondary N) is 2. The lowest BCUT2D eigenvalue weighted by Gasteiger charge is -2.08. The summed E-state index contributed by atoms with van der Waals surface area (Å²) < 4.78 is 0.604. The quantitative estimate of drug-likeness (QED) is 0.772. The van der Waals surface area contributed by atoms with Gasteiger partial charge < -0.3 is 10.6 Å². The molecule has 6 heteroatoms. The Morgan fingerprint density at radius 1 is 1.22 bits per heavy atom. The predicted octanol–water partition coefficient (Wildman–Crippen LogP) is 4.39. The zero-order valence-electron chi connectivity index (χ0n) is 12.6. The van der Waals surface area contributed by atoms with Crippen molar-refractivity contribution in [3.05, 3.63) is 64.7 Å². The minimum absolute atomic E-state index is 0.114. The second-order valence-electron chi connectivity index (χ2n) is 4.97. The molecule has 0 unspecified atom stereocenters. The summed E-state index contributed by atoms with van der Waals surface area (Å²) in [5, 5.41) is 6.52. The predicted molar refractivity (Wildman–Crippen MR) is 103 cm³/mol. The molecule has 0 bridgehead atoms. The van der Waals surface area contributed by atoms with Gasteiger partial charge in [-0.1, -0.05) is 71.5 Å². The van der Waals surface area contributed by atoms with Crippen molar-refractivity contribution in [3.63, 3.8) is 0 Å². The number of anilines is 1. The lowest BCUT2D eigenvalue weighted by molar-refractivity contribution is -0.113. The van der Waals surface area contributed by atoms with Crippen LogP contribution in [0.15, 0.2) is 48.5 Å². The van der Waals surface area contributed by atoms with Crippen molar-refractivity contribution in [1.29, 1.82) is 0 Å². The molecule has 0 heterocycles. The maximum Gasteiger partial charge on any atom is 0.234 e. The topological polar surface area (TPSA) is 41.1 Å². The number of rotatable bonds is 5. The molecule has 0 aliphatic rings. The Hall–Kier alpha value is -1.56. The summed E-state index contributed by atoms with van der Waals surface area (Å²) in [5.74, 6) is 0.142. The van der Waals surface area contributed by atoms with Crippen LogP contribution >= 0.6 is 35.6 Å². The number of thioether (sulfide) groups is 1. The van der Waals surface area contributed by atoms with E-state index in [0.29, 0.717) is 21.6 Å². The molecular weight excluding hydrogens is 348 g/mol. The molecule has 0 aliphatic carbocycles. The molecule has 120 valence electrons. The van der Waals surface area contributed by atoms with Gasteiger partial charge in [0, 0.05) is 17.3 Å². The molecule has 0 saturated carbocycles. The van der Waals surface area contributed by atoms with Crippen molar-refractivity contribution in [2.75, 3.05) is 11.1 Å². The van der Waals surface area contributed by atoms with Gasteiger partial charge in [0.25, 0.3) is 0 Å². The molecule has 23 heavy (non-hydrogen) atoms. The summed E-state index contributed by atoms with van der Waals surface area (Å²) in [4.78, 5) is 11.9. The molecule has 2 aromatic carbocycles. The summed E-state index contributed by atoms with van der Waals surface area (Å²) in [6, 6.07) is 15.3. The molecule has 0 radical (unpaired) electrons. The molecule has 0 spiro atoms. The molecule has 2 aromatic rings. The van der Waals surface area contributed by atoms with Gasteiger partial charge >= 0.3 is 0 Å². The van der Waals surface area contributed by atoms with Crippen LogP contribution in [0.4, 0.5) is 5.69 Å². The van der Waals surface area contributed by atoms with Crippen LogP contribution in [0, 0.1) is 6.92 Å². The van der Waals surface area contributed by atoms with Gasteiger partial charge in [-0.05, 0) is 30.7 Å². The highest BCUT2D eigenvalue weighted by Crippen LogP contribution is 2.15. The minimum atomic E-state index is -0.114. The maximum absolute atomic E-state index is 11.9. The van der Waals surface area contributed by atoms with Crippen molar-refractivity contribution in [1.82, 2.24) is 5.32 Å². The summed E-state index contributed by atoms with van der Waals surface area (Å²) in [6.45, 7) is 2.71. The summed E-state index contributed by atoms with van der Waals surface area (Å²) in [7, 11) is 0. The van der Waals surface area contributed by atoms with E-state index >= 15 is 0 Å². The zero-order valence-corrected chi connectivity index (χ0v) is 15.0. The Bertz CT molecular complexity index is 689. The van der Waals surface area contributed by atoms with Gasteiger partial charge in [0.2, 0.25) is 5.91 Å². The first-order valence-corrected chi connectivity index (χ1v) is 8.82. The van der Waals surface area contributed by atoms with Crippen LogP contribution in [0.5, 0.6) is 0 Å². The second kappa shape index (κ2) is 8.91. The van der Waals surface area contributed by atoms with E-state index in [1.54, 1.807) is 24.3 Å². The van der Waals surface area contributed by atoms with E-state index in [2.05, 4.69) is 41.8 Å². The van der Waals surface area contributed by atoms with E-state index in [-0.39, 0.29) is 11.7 Å². The Morgan fingerprint density at radius 3 is 2.65 bits per heavy atom. The lowest BCUT2D eigenvalue weighted by Crippen LogP contribution is -2.21. The van der Waals surface area contributed by atoms with E-state index in [0.717, 1.165) is 5.56 Å². The van der Waals surface area contributed by atoms with Gasteiger partial charge in [-0.3, -0.25) is 4.79 Å². The summed E-state index contributed by atoms with van der Waals surface area (Å²) >= 11 is 12.4. The highest BCUT2D eigenvalue weighted by atomic mass is 35.5. The van der Waals surface area contributed by atoms with Crippen molar-refractivity contribution in [2.45, 2.75) is 13.5 Å². The average Bonchev–Trinajstić information content (AvgIpc) is 2.52. The average molecular weight is 365 g/mol. The molecule has 1 amide bonds. The number of hydrogen-bond acceptors (Lipinski definition) is 3. The Morgan fingerprint density at radius 2 is 1.96 bits per heavy atom. The second-order valence-corrected chi connectivity index (χ2v) is 7.06. The Labute approximate surface area is 150 Å². The van der Waals surface area contributed by atoms with Crippen molar-refractivity contribution < 1.29 is 4.79 Å². The van der Waals surface area contributed by atoms with Crippen LogP contribution in [0.2, 0.25) is 5.02 Å². The van der Waals surface area contributed by atoms with E-state index in [1.807, 2.05) is 0 Å². The molecule has 2 rings (SSSR count). The van der Waals surface area contributed by atoms with Gasteiger partial charge in [0.05, 0.1) is 5.75 Å². The fourth-order valence-electron chi connectivity index (χ4n) is 1.83. The van der Waals surface area contributed by atoms with Crippen LogP contribution in [0.25, 0.3) is 0 Å². The number of halogens is 1. The van der Waals surface area contributed by atoms with Crippen LogP contribution in [-0.4, -0.2) is 16.0 Å². The smallest absolute Gasteiger partial charge is 0.234 e. The number of benzene rings is 2. The minimum Gasteiger partial charge on any atom is -0.367 e. The van der Waals surface area contributed by atoms with Crippen molar-refractivity contribution in [3.8, 4) is 0 Å². The molecule has 0 fully saturated rings. The summed E-state index contributed by atoms with van der Waals surface area (Å²) in [5.41, 5.74) is 3.06. The Balaban J connectivity index is 1.71. The highest BCUT2D eigenvalue weighted by Gasteiger charge is 2.06. The van der Waals surface area contributed by atoms with Gasteiger partial charge in [0.15, 0.2) is 0 Å². The Kier molecular flexibility index (Phi) is 6.89. The number of aryl methyl sites for hydroxylation is 1. The first-order chi connectivity index (χ1) is 11.0. The van der Waals surface area contributed by atoms with Crippen LogP contribution < -0.4 is 10.6 Å². The number of thiocarbonyl (C=S) groups is 1. The number of carbonyl (C=O) groups excluding carboxylic acids is 1. The third-order valence-corrected chi connectivity index (χ3v) is 4.55. The largest absolute Gasteiger partial charge is 0.367 e. The van der Waals surface area contributed by atoms with Crippen LogP contribution in [0.3, 0.4) is 0 Å². The lowest BCUT2D eigenvalue weighted by atomic mass is 10.1. The van der Waals surface area contributed by atoms with Crippen molar-refractivity contribution in [2.24, 2.45) is 0 Å². The molecule has 2 N–H and O–H groups in total. The first kappa shape index (κ1) is 17.8. The fraction of sp³-hybridized carbons (Fsp3) is 0.176. The fourth-order valence-corrected chi connectivity index (χ4v) is 2.77. The van der Waals surface area contributed by atoms with Crippen LogP contribution in [0.1, 0.15) is 11.1 Å². The van der Waals surface area contributed by atoms with E-state index in [1.165, 1.54) is 17.3 Å². The third-order valence-electron chi connectivity index (χ3n) is 3.00. The molecule has 0 atom stereocenters. The van der Waals surface area contributed by atoms with Gasteiger partial charge in [-0.25, -0.2) is 0 Å². The molecule has 3 nitrogen and oxygen atoms in total. The number of hydrogen-bond donors (Lipinski definition) is 2. The number of amides is 1. The monoisotopic (exact) mass is 364 g/mol. The molecular formula is C17H17ClN2OS2. The van der Waals surface area contributed by atoms with Gasteiger partial charge in [-0.15, -0.1) is 0 Å². The molecule has 0 aliphatic heterocycles. The maximum atomic E-state index is 11.9. The van der Waals surface area contributed by atoms with Gasteiger partial charge in [0.1, 0.15) is 4.32 Å². The van der Waals surface area contributed by atoms with Gasteiger partial charge in [-0.2, -0.15) is 0 Å². The zero-order chi connectivity index (χ0) is 16.7.